The molecule has 0 nitrogen and oxygen atoms in total. The van der Waals surface area contributed by atoms with Gasteiger partial charge in [0, 0.05) is 0 Å². The maximum Gasteiger partial charge on any atom is 0.116 e. The summed E-state index contributed by atoms with van der Waals surface area (Å²) < 4.78 is 0. The predicted molar refractivity (Wildman–Crippen MR) is 222 cm³/mol. The Morgan fingerprint density at radius 3 is 0.635 bits per heavy atom. The monoisotopic (exact) mass is 836 g/mol. The molecule has 0 saturated heterocycles. The van der Waals surface area contributed by atoms with Crippen LogP contribution in [0, 0.1) is 0 Å². The fourth-order valence-corrected chi connectivity index (χ4v) is 16.3. The number of hydrogen-bond acceptors (Lipinski definition) is 0. The summed E-state index contributed by atoms with van der Waals surface area (Å²) in [5.74, 6) is 0. The summed E-state index contributed by atoms with van der Waals surface area (Å²) in [6.07, 6.45) is 1.89. The molecule has 0 unspecified atom stereocenters. The summed E-state index contributed by atoms with van der Waals surface area (Å²) in [6, 6.07) is 81.6. The highest BCUT2D eigenvalue weighted by Crippen LogP contribution is 2.61. The molecule has 0 saturated carbocycles. The van der Waals surface area contributed by atoms with Gasteiger partial charge in [-0.25, -0.2) is 0 Å². The lowest BCUT2D eigenvalue weighted by Crippen LogP contribution is -3.00. The van der Waals surface area contributed by atoms with E-state index >= 15 is 0 Å². The largest absolute Gasteiger partial charge is 1.00 e. The van der Waals surface area contributed by atoms with E-state index in [0.29, 0.717) is 0 Å². The van der Waals surface area contributed by atoms with Gasteiger partial charge in [-0.05, 0) is 94.7 Å². The highest BCUT2D eigenvalue weighted by Gasteiger charge is 2.47. The van der Waals surface area contributed by atoms with Crippen molar-refractivity contribution in [3.8, 4) is 0 Å². The zero-order valence-electron chi connectivity index (χ0n) is 28.8. The van der Waals surface area contributed by atoms with Gasteiger partial charge in [-0.3, -0.25) is 0 Å². The first-order chi connectivity index (χ1) is 24.8. The summed E-state index contributed by atoms with van der Waals surface area (Å²) >= 11 is 0. The second kappa shape index (κ2) is 17.1. The summed E-state index contributed by atoms with van der Waals surface area (Å²) in [5.41, 5.74) is 2.80. The van der Waals surface area contributed by atoms with Gasteiger partial charge in [0.05, 0.1) is 12.3 Å². The second-order valence-electron chi connectivity index (χ2n) is 12.9. The molecular formula is C48H40Br2P2. The van der Waals surface area contributed by atoms with Gasteiger partial charge in [0.25, 0.3) is 0 Å². The van der Waals surface area contributed by atoms with E-state index in [-0.39, 0.29) is 34.0 Å². The van der Waals surface area contributed by atoms with E-state index < -0.39 is 14.5 Å². The third-order valence-corrected chi connectivity index (χ3v) is 18.8. The summed E-state index contributed by atoms with van der Waals surface area (Å²) in [7, 11) is -4.14. The Balaban J connectivity index is 0.00000232. The van der Waals surface area contributed by atoms with E-state index in [2.05, 4.69) is 218 Å². The molecule has 8 aromatic rings. The van der Waals surface area contributed by atoms with Crippen LogP contribution in [0.25, 0.3) is 10.8 Å². The van der Waals surface area contributed by atoms with E-state index in [0.717, 1.165) is 12.3 Å². The number of benzene rings is 8. The minimum Gasteiger partial charge on any atom is -1.00 e. The fourth-order valence-electron chi connectivity index (χ4n) is 7.75. The van der Waals surface area contributed by atoms with Crippen molar-refractivity contribution in [2.75, 3.05) is 0 Å². The molecule has 8 rings (SSSR count). The molecule has 0 spiro atoms. The molecule has 0 N–H and O–H groups in total. The van der Waals surface area contributed by atoms with Gasteiger partial charge in [-0.15, -0.1) is 0 Å². The number of fused-ring (bicyclic) bond motifs is 1. The van der Waals surface area contributed by atoms with E-state index in [1.807, 2.05) is 0 Å². The van der Waals surface area contributed by atoms with Gasteiger partial charge in [0.1, 0.15) is 46.4 Å². The van der Waals surface area contributed by atoms with Crippen molar-refractivity contribution in [1.29, 1.82) is 0 Å². The highest BCUT2D eigenvalue weighted by atomic mass is 79.9. The minimum atomic E-state index is -2.07. The molecule has 256 valence electrons. The molecule has 0 aliphatic carbocycles. The molecule has 0 fully saturated rings. The Kier molecular flexibility index (Phi) is 12.4. The van der Waals surface area contributed by atoms with Crippen LogP contribution in [0.5, 0.6) is 0 Å². The van der Waals surface area contributed by atoms with E-state index in [4.69, 9.17) is 0 Å². The van der Waals surface area contributed by atoms with Gasteiger partial charge >= 0.3 is 0 Å². The Hall–Kier alpha value is -4.16. The lowest BCUT2D eigenvalue weighted by molar-refractivity contribution is -0.00100. The predicted octanol–water partition coefficient (Wildman–Crippen LogP) is 3.84. The van der Waals surface area contributed by atoms with Gasteiger partial charge in [0.15, 0.2) is 0 Å². The van der Waals surface area contributed by atoms with Crippen LogP contribution in [-0.2, 0) is 12.3 Å². The van der Waals surface area contributed by atoms with Crippen LogP contribution >= 0.6 is 14.5 Å². The van der Waals surface area contributed by atoms with Crippen LogP contribution in [0.3, 0.4) is 0 Å². The maximum atomic E-state index is 2.46. The first-order valence-electron chi connectivity index (χ1n) is 17.4. The molecule has 52 heavy (non-hydrogen) atoms. The van der Waals surface area contributed by atoms with Crippen molar-refractivity contribution in [2.24, 2.45) is 0 Å². The number of halogens is 2. The van der Waals surface area contributed by atoms with Crippen molar-refractivity contribution in [3.63, 3.8) is 0 Å². The third kappa shape index (κ3) is 7.11. The molecule has 0 heterocycles. The molecule has 4 heteroatoms. The van der Waals surface area contributed by atoms with Crippen molar-refractivity contribution >= 4 is 57.1 Å². The summed E-state index contributed by atoms with van der Waals surface area (Å²) in [4.78, 5) is 0. The van der Waals surface area contributed by atoms with Crippen molar-refractivity contribution < 1.29 is 34.0 Å². The summed E-state index contributed by atoms with van der Waals surface area (Å²) in [5, 5.41) is 11.2. The third-order valence-electron chi connectivity index (χ3n) is 10.1. The molecular weight excluding hydrogens is 798 g/mol. The zero-order chi connectivity index (χ0) is 33.6. The number of rotatable bonds is 10. The summed E-state index contributed by atoms with van der Waals surface area (Å²) in [6.45, 7) is 0. The standard InChI is InChI=1S/C48H40P2.2BrH/c1-7-21-41(22-8-1)49(42-23-9-2-10-24-42,43-25-11-3-12-26-43)37-39-35-36-40(48-34-20-19-33-47(39)48)38-50(44-27-13-4-14-28-44,45-29-15-5-16-30-45)46-31-17-6-18-32-46;;/h1-36H,37-38H2;2*1H/q+2;;/p-2. The SMILES string of the molecule is [Br-].[Br-].c1ccc([P+](Cc2ccc(C[P+](c3ccccc3)(c3ccccc3)c3ccccc3)c3ccccc23)(c2ccccc2)c2ccccc2)cc1. The lowest BCUT2D eigenvalue weighted by Gasteiger charge is -2.29. The fraction of sp³-hybridized carbons (Fsp3) is 0.0417. The van der Waals surface area contributed by atoms with Crippen molar-refractivity contribution in [1.82, 2.24) is 0 Å². The van der Waals surface area contributed by atoms with Crippen molar-refractivity contribution in [3.05, 3.63) is 230 Å². The van der Waals surface area contributed by atoms with Crippen LogP contribution in [0.4, 0.5) is 0 Å². The van der Waals surface area contributed by atoms with Crippen molar-refractivity contribution in [2.45, 2.75) is 12.3 Å². The molecule has 0 amide bonds. The second-order valence-corrected chi connectivity index (χ2v) is 19.8. The Morgan fingerprint density at radius 2 is 0.423 bits per heavy atom. The molecule has 0 aromatic heterocycles. The van der Waals surface area contributed by atoms with Crippen LogP contribution < -0.4 is 65.8 Å². The van der Waals surface area contributed by atoms with Crippen LogP contribution in [0.1, 0.15) is 11.1 Å². The first kappa shape index (κ1) is 37.6. The first-order valence-corrected chi connectivity index (χ1v) is 21.3. The van der Waals surface area contributed by atoms with Crippen LogP contribution in [0.2, 0.25) is 0 Å². The Bertz CT molecular complexity index is 1940. The molecule has 0 aliphatic rings. The quantitative estimate of drug-likeness (QED) is 0.184. The van der Waals surface area contributed by atoms with Crippen LogP contribution in [0.15, 0.2) is 218 Å². The maximum absolute atomic E-state index is 2.46. The Morgan fingerprint density at radius 1 is 0.231 bits per heavy atom. The van der Waals surface area contributed by atoms with Gasteiger partial charge in [-0.1, -0.05) is 146 Å². The average molecular weight is 839 g/mol. The minimum absolute atomic E-state index is 0. The van der Waals surface area contributed by atoms with Crippen LogP contribution in [-0.4, -0.2) is 0 Å². The van der Waals surface area contributed by atoms with Gasteiger partial charge in [-0.2, -0.15) is 0 Å². The molecule has 8 aromatic carbocycles. The lowest BCUT2D eigenvalue weighted by atomic mass is 10.0. The smallest absolute Gasteiger partial charge is 0.116 e. The molecule has 0 radical (unpaired) electrons. The van der Waals surface area contributed by atoms with E-state index in [1.54, 1.807) is 0 Å². The average Bonchev–Trinajstić information content (AvgIpc) is 3.21. The van der Waals surface area contributed by atoms with Gasteiger partial charge < -0.3 is 34.0 Å². The molecule has 0 atom stereocenters. The van der Waals surface area contributed by atoms with E-state index in [9.17, 15) is 0 Å². The molecule has 0 aliphatic heterocycles. The van der Waals surface area contributed by atoms with Gasteiger partial charge in [0.2, 0.25) is 0 Å². The zero-order valence-corrected chi connectivity index (χ0v) is 33.8. The van der Waals surface area contributed by atoms with E-state index in [1.165, 1.54) is 53.7 Å². The molecule has 0 bridgehead atoms. The topological polar surface area (TPSA) is 0 Å². The normalized spacial score (nSPS) is 11.3. The Labute approximate surface area is 330 Å². The number of hydrogen-bond donors (Lipinski definition) is 0. The highest BCUT2D eigenvalue weighted by molar-refractivity contribution is 7.95.